The van der Waals surface area contributed by atoms with Crippen LogP contribution in [0, 0.1) is 11.7 Å². The molecule has 1 aromatic rings. The molecule has 2 rings (SSSR count). The maximum absolute atomic E-state index is 14.4. The Balaban J connectivity index is 2.37. The largest absolute Gasteiger partial charge is 0.481 e. The lowest BCUT2D eigenvalue weighted by Crippen LogP contribution is -2.11. The van der Waals surface area contributed by atoms with E-state index < -0.39 is 5.97 Å². The van der Waals surface area contributed by atoms with Gasteiger partial charge in [0.1, 0.15) is 5.82 Å². The smallest absolute Gasteiger partial charge is 0.303 e. The molecule has 5 heteroatoms. The van der Waals surface area contributed by atoms with Gasteiger partial charge in [0.2, 0.25) is 0 Å². The molecule has 1 aliphatic rings. The van der Waals surface area contributed by atoms with Crippen LogP contribution >= 0.6 is 15.9 Å². The number of rotatable bonds is 6. The third-order valence-corrected chi connectivity index (χ3v) is 3.88. The normalized spacial score (nSPS) is 16.4. The highest BCUT2D eigenvalue weighted by molar-refractivity contribution is 9.10. The maximum atomic E-state index is 14.4. The molecule has 0 amide bonds. The van der Waals surface area contributed by atoms with E-state index in [1.807, 2.05) is 0 Å². The Hall–Kier alpha value is -0.940. The zero-order valence-electron chi connectivity index (χ0n) is 10.7. The summed E-state index contributed by atoms with van der Waals surface area (Å²) in [6.45, 7) is 0.183. The van der Waals surface area contributed by atoms with Gasteiger partial charge in [-0.1, -0.05) is 15.9 Å². The Kier molecular flexibility index (Phi) is 4.58. The molecule has 0 bridgehead atoms. The number of hydrogen-bond acceptors (Lipinski definition) is 2. The molecule has 1 unspecified atom stereocenters. The van der Waals surface area contributed by atoms with Crippen LogP contribution in [0.15, 0.2) is 16.6 Å². The fourth-order valence-electron chi connectivity index (χ4n) is 2.42. The van der Waals surface area contributed by atoms with Crippen LogP contribution in [0.2, 0.25) is 0 Å². The average molecular weight is 331 g/mol. The van der Waals surface area contributed by atoms with Gasteiger partial charge in [-0.2, -0.15) is 0 Å². The van der Waals surface area contributed by atoms with E-state index in [0.29, 0.717) is 11.1 Å². The van der Waals surface area contributed by atoms with Crippen molar-refractivity contribution in [2.45, 2.75) is 31.8 Å². The van der Waals surface area contributed by atoms with E-state index in [1.165, 1.54) is 7.11 Å². The molecule has 1 atom stereocenters. The second-order valence-corrected chi connectivity index (χ2v) is 5.86. The highest BCUT2D eigenvalue weighted by Gasteiger charge is 2.35. The van der Waals surface area contributed by atoms with Crippen molar-refractivity contribution in [3.8, 4) is 0 Å². The molecular weight excluding hydrogens is 315 g/mol. The maximum Gasteiger partial charge on any atom is 0.303 e. The highest BCUT2D eigenvalue weighted by atomic mass is 79.9. The summed E-state index contributed by atoms with van der Waals surface area (Å²) in [7, 11) is 1.51. The molecular formula is C14H16BrFO3. The van der Waals surface area contributed by atoms with Crippen LogP contribution in [0.25, 0.3) is 0 Å². The predicted molar refractivity (Wildman–Crippen MR) is 72.5 cm³/mol. The Morgan fingerprint density at radius 3 is 2.79 bits per heavy atom. The number of methoxy groups -OCH3 is 1. The molecule has 0 aliphatic heterocycles. The van der Waals surface area contributed by atoms with E-state index >= 15 is 0 Å². The number of carbonyl (C=O) groups is 1. The summed E-state index contributed by atoms with van der Waals surface area (Å²) in [4.78, 5) is 11.0. The highest BCUT2D eigenvalue weighted by Crippen LogP contribution is 2.46. The van der Waals surface area contributed by atoms with E-state index in [-0.39, 0.29) is 30.7 Å². The van der Waals surface area contributed by atoms with Crippen molar-refractivity contribution in [2.75, 3.05) is 7.11 Å². The van der Waals surface area contributed by atoms with Gasteiger partial charge in [-0.25, -0.2) is 4.39 Å². The molecule has 1 N–H and O–H groups in total. The second-order valence-electron chi connectivity index (χ2n) is 4.94. The summed E-state index contributed by atoms with van der Waals surface area (Å²) in [6.07, 6.45) is 1.93. The molecule has 19 heavy (non-hydrogen) atoms. The van der Waals surface area contributed by atoms with Gasteiger partial charge in [0.25, 0.3) is 0 Å². The summed E-state index contributed by atoms with van der Waals surface area (Å²) in [6, 6.07) is 3.37. The van der Waals surface area contributed by atoms with Crippen LogP contribution in [-0.4, -0.2) is 18.2 Å². The van der Waals surface area contributed by atoms with Crippen LogP contribution in [-0.2, 0) is 16.1 Å². The van der Waals surface area contributed by atoms with Gasteiger partial charge in [0, 0.05) is 23.1 Å². The van der Waals surface area contributed by atoms with Crippen LogP contribution < -0.4 is 0 Å². The molecule has 0 saturated heterocycles. The molecule has 0 spiro atoms. The Labute approximate surface area is 119 Å². The lowest BCUT2D eigenvalue weighted by molar-refractivity contribution is -0.137. The van der Waals surface area contributed by atoms with Gasteiger partial charge in [-0.05, 0) is 36.5 Å². The SMILES string of the molecule is COCc1cc(Br)cc(C(CC(=O)O)C2CC2)c1F. The zero-order chi connectivity index (χ0) is 14.0. The van der Waals surface area contributed by atoms with Crippen molar-refractivity contribution in [2.24, 2.45) is 5.92 Å². The summed E-state index contributed by atoms with van der Waals surface area (Å²) >= 11 is 3.35. The molecule has 3 nitrogen and oxygen atoms in total. The Morgan fingerprint density at radius 1 is 1.58 bits per heavy atom. The minimum absolute atomic E-state index is 0.0234. The topological polar surface area (TPSA) is 46.5 Å². The van der Waals surface area contributed by atoms with Gasteiger partial charge in [-0.15, -0.1) is 0 Å². The summed E-state index contributed by atoms with van der Waals surface area (Å²) in [5.74, 6) is -1.17. The van der Waals surface area contributed by atoms with Crippen molar-refractivity contribution < 1.29 is 19.0 Å². The zero-order valence-corrected chi connectivity index (χ0v) is 12.2. The minimum Gasteiger partial charge on any atom is -0.481 e. The predicted octanol–water partition coefficient (Wildman–Crippen LogP) is 3.70. The standard InChI is InChI=1S/C14H16BrFO3/c1-19-7-9-4-10(15)5-12(14(9)16)11(6-13(17)18)8-2-3-8/h4-5,8,11H,2-3,6-7H2,1H3,(H,17,18). The first-order valence-electron chi connectivity index (χ1n) is 6.21. The lowest BCUT2D eigenvalue weighted by Gasteiger charge is -2.18. The van der Waals surface area contributed by atoms with Gasteiger partial charge in [0.05, 0.1) is 13.0 Å². The van der Waals surface area contributed by atoms with Crippen molar-refractivity contribution >= 4 is 21.9 Å². The van der Waals surface area contributed by atoms with Crippen molar-refractivity contribution in [1.29, 1.82) is 0 Å². The number of carboxylic acid groups (broad SMARTS) is 1. The second kappa shape index (κ2) is 6.01. The van der Waals surface area contributed by atoms with E-state index in [4.69, 9.17) is 9.84 Å². The van der Waals surface area contributed by atoms with Gasteiger partial charge >= 0.3 is 5.97 Å². The molecule has 1 aliphatic carbocycles. The molecule has 1 saturated carbocycles. The van der Waals surface area contributed by atoms with E-state index in [0.717, 1.165) is 17.3 Å². The van der Waals surface area contributed by atoms with Crippen LogP contribution in [0.3, 0.4) is 0 Å². The van der Waals surface area contributed by atoms with Gasteiger partial charge in [0.15, 0.2) is 0 Å². The molecule has 0 heterocycles. The number of carboxylic acids is 1. The van der Waals surface area contributed by atoms with E-state index in [2.05, 4.69) is 15.9 Å². The molecule has 0 radical (unpaired) electrons. The van der Waals surface area contributed by atoms with E-state index in [9.17, 15) is 9.18 Å². The first kappa shape index (κ1) is 14.5. The Bertz CT molecular complexity index is 486. The fraction of sp³-hybridized carbons (Fsp3) is 0.500. The van der Waals surface area contributed by atoms with Crippen molar-refractivity contribution in [3.63, 3.8) is 0 Å². The van der Waals surface area contributed by atoms with Gasteiger partial charge < -0.3 is 9.84 Å². The van der Waals surface area contributed by atoms with Crippen LogP contribution in [0.5, 0.6) is 0 Å². The molecule has 1 fully saturated rings. The summed E-state index contributed by atoms with van der Waals surface area (Å²) < 4.78 is 20.2. The van der Waals surface area contributed by atoms with Crippen LogP contribution in [0.1, 0.15) is 36.3 Å². The van der Waals surface area contributed by atoms with Crippen molar-refractivity contribution in [3.05, 3.63) is 33.5 Å². The molecule has 104 valence electrons. The quantitative estimate of drug-likeness (QED) is 0.864. The van der Waals surface area contributed by atoms with E-state index in [1.54, 1.807) is 12.1 Å². The number of hydrogen-bond donors (Lipinski definition) is 1. The fourth-order valence-corrected chi connectivity index (χ4v) is 2.94. The number of ether oxygens (including phenoxy) is 1. The lowest BCUT2D eigenvalue weighted by atomic mass is 9.89. The third-order valence-electron chi connectivity index (χ3n) is 3.43. The van der Waals surface area contributed by atoms with Crippen molar-refractivity contribution in [1.82, 2.24) is 0 Å². The van der Waals surface area contributed by atoms with Gasteiger partial charge in [-0.3, -0.25) is 4.79 Å². The van der Waals surface area contributed by atoms with Crippen LogP contribution in [0.4, 0.5) is 4.39 Å². The number of benzene rings is 1. The minimum atomic E-state index is -0.885. The summed E-state index contributed by atoms with van der Waals surface area (Å²) in [5, 5.41) is 9.00. The average Bonchev–Trinajstić information content (AvgIpc) is 3.15. The number of halogens is 2. The first-order valence-corrected chi connectivity index (χ1v) is 7.00. The first-order chi connectivity index (χ1) is 9.02. The Morgan fingerprint density at radius 2 is 2.26 bits per heavy atom. The molecule has 1 aromatic carbocycles. The molecule has 0 aromatic heterocycles. The summed E-state index contributed by atoms with van der Waals surface area (Å²) in [5.41, 5.74) is 0.953. The number of aliphatic carboxylic acids is 1. The third kappa shape index (κ3) is 3.54. The monoisotopic (exact) mass is 330 g/mol.